The lowest BCUT2D eigenvalue weighted by Gasteiger charge is -2.39. The number of rotatable bonds is 9. The van der Waals surface area contributed by atoms with Gasteiger partial charge in [-0.3, -0.25) is 4.90 Å². The lowest BCUT2D eigenvalue weighted by molar-refractivity contribution is 0.0457. The molecule has 1 unspecified atom stereocenters. The highest BCUT2D eigenvalue weighted by Gasteiger charge is 2.26. The Bertz CT molecular complexity index is 167. The van der Waals surface area contributed by atoms with Crippen LogP contribution in [0.25, 0.3) is 0 Å². The van der Waals surface area contributed by atoms with Gasteiger partial charge in [-0.15, -0.1) is 0 Å². The fourth-order valence-electron chi connectivity index (χ4n) is 1.80. The Kier molecular flexibility index (Phi) is 7.98. The topological polar surface area (TPSA) is 38.5 Å². The van der Waals surface area contributed by atoms with Gasteiger partial charge in [0, 0.05) is 25.2 Å². The van der Waals surface area contributed by atoms with Crippen molar-refractivity contribution in [2.45, 2.75) is 46.6 Å². The van der Waals surface area contributed by atoms with E-state index in [1.807, 2.05) is 0 Å². The highest BCUT2D eigenvalue weighted by Crippen LogP contribution is 2.17. The molecule has 0 amide bonds. The Morgan fingerprint density at radius 2 is 1.94 bits per heavy atom. The molecule has 0 saturated carbocycles. The van der Waals surface area contributed by atoms with E-state index in [-0.39, 0.29) is 5.54 Å². The van der Waals surface area contributed by atoms with E-state index >= 15 is 0 Å². The predicted octanol–water partition coefficient (Wildman–Crippen LogP) is 2.11. The van der Waals surface area contributed by atoms with Crippen molar-refractivity contribution in [2.24, 2.45) is 11.7 Å². The maximum atomic E-state index is 5.86. The molecule has 0 aromatic heterocycles. The summed E-state index contributed by atoms with van der Waals surface area (Å²) in [5.41, 5.74) is 5.98. The molecule has 0 radical (unpaired) electrons. The van der Waals surface area contributed by atoms with Crippen LogP contribution < -0.4 is 5.73 Å². The Balaban J connectivity index is 3.99. The minimum atomic E-state index is 0.121. The number of likely N-dealkylation sites (N-methyl/N-ethyl adjacent to an activating group) is 1. The smallest absolute Gasteiger partial charge is 0.0593 e. The number of hydrogen-bond donors (Lipinski definition) is 1. The molecule has 0 aliphatic rings. The first kappa shape index (κ1) is 15.9. The molecule has 0 aromatic rings. The second-order valence-corrected chi connectivity index (χ2v) is 5.10. The van der Waals surface area contributed by atoms with Crippen LogP contribution in [0.3, 0.4) is 0 Å². The van der Waals surface area contributed by atoms with Gasteiger partial charge in [-0.25, -0.2) is 0 Å². The normalized spacial score (nSPS) is 15.8. The van der Waals surface area contributed by atoms with Crippen molar-refractivity contribution in [3.8, 4) is 0 Å². The average Bonchev–Trinajstić information content (AvgIpc) is 2.28. The molecule has 0 bridgehead atoms. The van der Waals surface area contributed by atoms with E-state index < -0.39 is 0 Å². The Labute approximate surface area is 101 Å². The van der Waals surface area contributed by atoms with Gasteiger partial charge < -0.3 is 10.5 Å². The van der Waals surface area contributed by atoms with E-state index in [1.165, 1.54) is 0 Å². The van der Waals surface area contributed by atoms with Gasteiger partial charge >= 0.3 is 0 Å². The van der Waals surface area contributed by atoms with Crippen LogP contribution >= 0.6 is 0 Å². The molecule has 0 rings (SSSR count). The van der Waals surface area contributed by atoms with E-state index in [1.54, 1.807) is 0 Å². The molecule has 0 saturated heterocycles. The molecule has 0 spiro atoms. The zero-order valence-electron chi connectivity index (χ0n) is 11.8. The number of nitrogens with zero attached hydrogens (tertiary/aromatic N) is 1. The Morgan fingerprint density at radius 1 is 1.31 bits per heavy atom. The summed E-state index contributed by atoms with van der Waals surface area (Å²) in [6, 6.07) is 0. The molecule has 0 heterocycles. The zero-order chi connectivity index (χ0) is 12.6. The van der Waals surface area contributed by atoms with Crippen molar-refractivity contribution >= 4 is 0 Å². The third-order valence-electron chi connectivity index (χ3n) is 3.30. The van der Waals surface area contributed by atoms with Crippen molar-refractivity contribution in [3.05, 3.63) is 0 Å². The summed E-state index contributed by atoms with van der Waals surface area (Å²) in [6.45, 7) is 15.3. The van der Waals surface area contributed by atoms with Gasteiger partial charge in [0.15, 0.2) is 0 Å². The monoisotopic (exact) mass is 230 g/mol. The van der Waals surface area contributed by atoms with Crippen LogP contribution in [-0.4, -0.2) is 43.3 Å². The molecule has 98 valence electrons. The third-order valence-corrected chi connectivity index (χ3v) is 3.30. The largest absolute Gasteiger partial charge is 0.380 e. The summed E-state index contributed by atoms with van der Waals surface area (Å²) in [6.07, 6.45) is 1.08. The molecule has 3 nitrogen and oxygen atoms in total. The molecular weight excluding hydrogens is 200 g/mol. The van der Waals surface area contributed by atoms with Crippen LogP contribution in [-0.2, 0) is 4.74 Å². The van der Waals surface area contributed by atoms with Crippen LogP contribution in [0.15, 0.2) is 0 Å². The minimum absolute atomic E-state index is 0.121. The first-order valence-corrected chi connectivity index (χ1v) is 6.53. The molecule has 0 fully saturated rings. The lowest BCUT2D eigenvalue weighted by atomic mass is 9.96. The van der Waals surface area contributed by atoms with E-state index in [2.05, 4.69) is 39.5 Å². The summed E-state index contributed by atoms with van der Waals surface area (Å²) in [4.78, 5) is 2.42. The van der Waals surface area contributed by atoms with E-state index in [0.29, 0.717) is 12.5 Å². The number of ether oxygens (including phenoxy) is 1. The molecule has 3 heteroatoms. The first-order valence-electron chi connectivity index (χ1n) is 6.53. The first-order chi connectivity index (χ1) is 7.50. The third kappa shape index (κ3) is 5.28. The molecular formula is C13H30N2O. The van der Waals surface area contributed by atoms with Crippen molar-refractivity contribution in [1.29, 1.82) is 0 Å². The summed E-state index contributed by atoms with van der Waals surface area (Å²) in [7, 11) is 0. The fourth-order valence-corrected chi connectivity index (χ4v) is 1.80. The van der Waals surface area contributed by atoms with Gasteiger partial charge in [0.05, 0.1) is 6.61 Å². The van der Waals surface area contributed by atoms with Gasteiger partial charge in [0.2, 0.25) is 0 Å². The highest BCUT2D eigenvalue weighted by molar-refractivity contribution is 4.85. The second kappa shape index (κ2) is 8.04. The summed E-state index contributed by atoms with van der Waals surface area (Å²) in [5.74, 6) is 0.613. The SMILES string of the molecule is CCN(CCOCC(C)C)C(C)(CC)CN. The number of nitrogens with two attached hydrogens (primary N) is 1. The summed E-state index contributed by atoms with van der Waals surface area (Å²) >= 11 is 0. The van der Waals surface area contributed by atoms with Crippen LogP contribution in [0.2, 0.25) is 0 Å². The Hall–Kier alpha value is -0.120. The van der Waals surface area contributed by atoms with E-state index in [9.17, 15) is 0 Å². The molecule has 0 aliphatic heterocycles. The Morgan fingerprint density at radius 3 is 2.31 bits per heavy atom. The van der Waals surface area contributed by atoms with Crippen LogP contribution in [0, 0.1) is 5.92 Å². The lowest BCUT2D eigenvalue weighted by Crippen LogP contribution is -2.52. The van der Waals surface area contributed by atoms with Gasteiger partial charge in [-0.2, -0.15) is 0 Å². The second-order valence-electron chi connectivity index (χ2n) is 5.10. The van der Waals surface area contributed by atoms with Crippen LogP contribution in [0.1, 0.15) is 41.0 Å². The molecule has 0 aromatic carbocycles. The maximum absolute atomic E-state index is 5.86. The maximum Gasteiger partial charge on any atom is 0.0593 e. The average molecular weight is 230 g/mol. The van der Waals surface area contributed by atoms with Crippen molar-refractivity contribution < 1.29 is 4.74 Å². The van der Waals surface area contributed by atoms with Crippen LogP contribution in [0.5, 0.6) is 0 Å². The predicted molar refractivity (Wildman–Crippen MR) is 70.7 cm³/mol. The standard InChI is InChI=1S/C13H30N2O/c1-6-13(5,11-14)15(7-2)8-9-16-10-12(3)4/h12H,6-11,14H2,1-5H3. The van der Waals surface area contributed by atoms with Gasteiger partial charge in [0.25, 0.3) is 0 Å². The molecule has 16 heavy (non-hydrogen) atoms. The summed E-state index contributed by atoms with van der Waals surface area (Å²) in [5, 5.41) is 0. The zero-order valence-corrected chi connectivity index (χ0v) is 11.8. The fraction of sp³-hybridized carbons (Fsp3) is 1.00. The van der Waals surface area contributed by atoms with E-state index in [0.717, 1.165) is 32.7 Å². The van der Waals surface area contributed by atoms with Crippen molar-refractivity contribution in [2.75, 3.05) is 32.8 Å². The van der Waals surface area contributed by atoms with Crippen LogP contribution in [0.4, 0.5) is 0 Å². The molecule has 2 N–H and O–H groups in total. The molecule has 0 aliphatic carbocycles. The van der Waals surface area contributed by atoms with Crippen molar-refractivity contribution in [3.63, 3.8) is 0 Å². The minimum Gasteiger partial charge on any atom is -0.380 e. The highest BCUT2D eigenvalue weighted by atomic mass is 16.5. The van der Waals surface area contributed by atoms with E-state index in [4.69, 9.17) is 10.5 Å². The van der Waals surface area contributed by atoms with Crippen molar-refractivity contribution in [1.82, 2.24) is 4.90 Å². The number of hydrogen-bond acceptors (Lipinski definition) is 3. The van der Waals surface area contributed by atoms with Gasteiger partial charge in [-0.1, -0.05) is 27.7 Å². The quantitative estimate of drug-likeness (QED) is 0.617. The summed E-state index contributed by atoms with van der Waals surface area (Å²) < 4.78 is 5.63. The van der Waals surface area contributed by atoms with Gasteiger partial charge in [0.1, 0.15) is 0 Å². The molecule has 1 atom stereocenters. The van der Waals surface area contributed by atoms with Gasteiger partial charge in [-0.05, 0) is 25.8 Å².